The highest BCUT2D eigenvalue weighted by atomic mass is 16.5. The molecule has 0 spiro atoms. The third-order valence-corrected chi connectivity index (χ3v) is 5.40. The molecule has 0 bridgehead atoms. The standard InChI is InChI=1S/C18H28N2O4/c1-5-11-6-7-14(24-11)13(10-22-4)19-17(21)20-15-12-8-9-23-16(12)18(15,2)3/h6-7,12-13,15-16H,5,8-10H2,1-4H3,(H2,19,20,21)/t12-,13-,15+,16-/m0/s1. The number of rotatable bonds is 6. The topological polar surface area (TPSA) is 72.7 Å². The third kappa shape index (κ3) is 3.05. The maximum atomic E-state index is 12.5. The quantitative estimate of drug-likeness (QED) is 0.838. The Hall–Kier alpha value is -1.53. The summed E-state index contributed by atoms with van der Waals surface area (Å²) < 4.78 is 16.8. The number of methoxy groups -OCH3 is 1. The normalized spacial score (nSPS) is 28.8. The molecule has 1 saturated carbocycles. The van der Waals surface area contributed by atoms with Crippen molar-refractivity contribution in [3.05, 3.63) is 23.7 Å². The van der Waals surface area contributed by atoms with Crippen LogP contribution in [0.4, 0.5) is 4.79 Å². The lowest BCUT2D eigenvalue weighted by Gasteiger charge is -2.54. The minimum absolute atomic E-state index is 0.0324. The highest BCUT2D eigenvalue weighted by Gasteiger charge is 2.59. The van der Waals surface area contributed by atoms with Crippen LogP contribution in [0.25, 0.3) is 0 Å². The number of carbonyl (C=O) groups is 1. The number of nitrogens with one attached hydrogen (secondary N) is 2. The second-order valence-corrected chi connectivity index (χ2v) is 7.33. The summed E-state index contributed by atoms with van der Waals surface area (Å²) in [4.78, 5) is 12.5. The van der Waals surface area contributed by atoms with Crippen LogP contribution in [0.1, 0.15) is 44.8 Å². The number of ether oxygens (including phenoxy) is 2. The largest absolute Gasteiger partial charge is 0.464 e. The second kappa shape index (κ2) is 6.76. The smallest absolute Gasteiger partial charge is 0.315 e. The number of hydrogen-bond acceptors (Lipinski definition) is 4. The minimum atomic E-state index is -0.297. The van der Waals surface area contributed by atoms with Crippen molar-refractivity contribution in [2.45, 2.75) is 51.8 Å². The molecule has 134 valence electrons. The van der Waals surface area contributed by atoms with Gasteiger partial charge >= 0.3 is 6.03 Å². The fraction of sp³-hybridized carbons (Fsp3) is 0.722. The summed E-state index contributed by atoms with van der Waals surface area (Å²) in [5.74, 6) is 2.04. The SMILES string of the molecule is CCc1ccc([C@H](COC)NC(=O)N[C@@H]2[C@@H]3CCO[C@@H]3C2(C)C)o1. The van der Waals surface area contributed by atoms with Gasteiger partial charge in [0.25, 0.3) is 0 Å². The monoisotopic (exact) mass is 336 g/mol. The predicted octanol–water partition coefficient (Wildman–Crippen LogP) is 2.64. The van der Waals surface area contributed by atoms with Crippen LogP contribution in [0.3, 0.4) is 0 Å². The van der Waals surface area contributed by atoms with Crippen LogP contribution in [0.15, 0.2) is 16.5 Å². The van der Waals surface area contributed by atoms with Crippen LogP contribution in [-0.4, -0.2) is 38.5 Å². The summed E-state index contributed by atoms with van der Waals surface area (Å²) in [5.41, 5.74) is -0.0324. The molecule has 4 atom stereocenters. The van der Waals surface area contributed by atoms with Crippen molar-refractivity contribution >= 4 is 6.03 Å². The van der Waals surface area contributed by atoms with Crippen LogP contribution < -0.4 is 10.6 Å². The van der Waals surface area contributed by atoms with Crippen molar-refractivity contribution in [3.63, 3.8) is 0 Å². The number of aryl methyl sites for hydroxylation is 1. The molecule has 2 heterocycles. The first kappa shape index (κ1) is 17.3. The van der Waals surface area contributed by atoms with Gasteiger partial charge in [0.2, 0.25) is 0 Å². The number of fused-ring (bicyclic) bond motifs is 1. The van der Waals surface area contributed by atoms with Gasteiger partial charge in [0.1, 0.15) is 17.6 Å². The van der Waals surface area contributed by atoms with Crippen molar-refractivity contribution in [2.24, 2.45) is 11.3 Å². The summed E-state index contributed by atoms with van der Waals surface area (Å²) >= 11 is 0. The van der Waals surface area contributed by atoms with E-state index in [4.69, 9.17) is 13.9 Å². The van der Waals surface area contributed by atoms with Gasteiger partial charge in [-0.25, -0.2) is 4.79 Å². The molecule has 0 radical (unpaired) electrons. The fourth-order valence-corrected chi connectivity index (χ4v) is 4.09. The van der Waals surface area contributed by atoms with E-state index in [1.54, 1.807) is 7.11 Å². The highest BCUT2D eigenvalue weighted by Crippen LogP contribution is 2.52. The summed E-state index contributed by atoms with van der Waals surface area (Å²) in [6, 6.07) is 3.49. The number of hydrogen-bond donors (Lipinski definition) is 2. The summed E-state index contributed by atoms with van der Waals surface area (Å²) in [6.45, 7) is 7.49. The highest BCUT2D eigenvalue weighted by molar-refractivity contribution is 5.75. The van der Waals surface area contributed by atoms with Gasteiger partial charge in [-0.3, -0.25) is 0 Å². The van der Waals surface area contributed by atoms with Gasteiger partial charge in [-0.1, -0.05) is 20.8 Å². The summed E-state index contributed by atoms with van der Waals surface area (Å²) in [5, 5.41) is 6.11. The van der Waals surface area contributed by atoms with Crippen LogP contribution >= 0.6 is 0 Å². The van der Waals surface area contributed by atoms with E-state index in [2.05, 4.69) is 24.5 Å². The molecule has 6 heteroatoms. The molecule has 6 nitrogen and oxygen atoms in total. The van der Waals surface area contributed by atoms with E-state index in [1.165, 1.54) is 0 Å². The number of furan rings is 1. The van der Waals surface area contributed by atoms with Crippen molar-refractivity contribution < 1.29 is 18.7 Å². The summed E-state index contributed by atoms with van der Waals surface area (Å²) in [7, 11) is 1.62. The van der Waals surface area contributed by atoms with Gasteiger partial charge in [-0.05, 0) is 18.6 Å². The van der Waals surface area contributed by atoms with Crippen molar-refractivity contribution in [3.8, 4) is 0 Å². The Labute approximate surface area is 143 Å². The maximum Gasteiger partial charge on any atom is 0.315 e. The second-order valence-electron chi connectivity index (χ2n) is 7.33. The Bertz CT molecular complexity index is 583. The van der Waals surface area contributed by atoms with E-state index < -0.39 is 0 Å². The van der Waals surface area contributed by atoms with Gasteiger partial charge < -0.3 is 24.5 Å². The van der Waals surface area contributed by atoms with Gasteiger partial charge in [-0.2, -0.15) is 0 Å². The van der Waals surface area contributed by atoms with Crippen LogP contribution in [0, 0.1) is 11.3 Å². The molecule has 2 amide bonds. The molecular formula is C18H28N2O4. The minimum Gasteiger partial charge on any atom is -0.464 e. The summed E-state index contributed by atoms with van der Waals surface area (Å²) in [6.07, 6.45) is 2.10. The number of urea groups is 1. The van der Waals surface area contributed by atoms with E-state index in [0.717, 1.165) is 31.0 Å². The Morgan fingerprint density at radius 2 is 2.25 bits per heavy atom. The molecule has 1 aromatic heterocycles. The molecule has 1 saturated heterocycles. The van der Waals surface area contributed by atoms with Crippen LogP contribution in [0.2, 0.25) is 0 Å². The van der Waals surface area contributed by atoms with E-state index in [1.807, 2.05) is 19.1 Å². The molecule has 3 rings (SSSR count). The third-order valence-electron chi connectivity index (χ3n) is 5.40. The van der Waals surface area contributed by atoms with Crippen molar-refractivity contribution in [2.75, 3.05) is 20.3 Å². The Kier molecular flexibility index (Phi) is 4.88. The van der Waals surface area contributed by atoms with E-state index in [0.29, 0.717) is 12.5 Å². The van der Waals surface area contributed by atoms with Crippen molar-refractivity contribution in [1.82, 2.24) is 10.6 Å². The molecule has 0 unspecified atom stereocenters. The number of amides is 2. The first-order chi connectivity index (χ1) is 11.5. The van der Waals surface area contributed by atoms with Crippen molar-refractivity contribution in [1.29, 1.82) is 0 Å². The first-order valence-electron chi connectivity index (χ1n) is 8.73. The van der Waals surface area contributed by atoms with Gasteiger partial charge in [-0.15, -0.1) is 0 Å². The molecule has 2 N–H and O–H groups in total. The molecule has 1 aliphatic heterocycles. The Morgan fingerprint density at radius 1 is 1.46 bits per heavy atom. The van der Waals surface area contributed by atoms with Crippen LogP contribution in [0.5, 0.6) is 0 Å². The van der Waals surface area contributed by atoms with E-state index in [-0.39, 0.29) is 29.6 Å². The zero-order chi connectivity index (χ0) is 17.3. The predicted molar refractivity (Wildman–Crippen MR) is 89.8 cm³/mol. The van der Waals surface area contributed by atoms with E-state index >= 15 is 0 Å². The molecule has 1 aliphatic carbocycles. The van der Waals surface area contributed by atoms with Gasteiger partial charge in [0.15, 0.2) is 0 Å². The number of carbonyl (C=O) groups excluding carboxylic acids is 1. The molecule has 2 aliphatic rings. The molecule has 24 heavy (non-hydrogen) atoms. The lowest BCUT2D eigenvalue weighted by Crippen LogP contribution is -2.67. The molecule has 0 aromatic carbocycles. The zero-order valence-electron chi connectivity index (χ0n) is 14.9. The Balaban J connectivity index is 1.61. The first-order valence-corrected chi connectivity index (χ1v) is 8.73. The lowest BCUT2D eigenvalue weighted by atomic mass is 9.57. The Morgan fingerprint density at radius 3 is 2.92 bits per heavy atom. The van der Waals surface area contributed by atoms with E-state index in [9.17, 15) is 4.79 Å². The average molecular weight is 336 g/mol. The fourth-order valence-electron chi connectivity index (χ4n) is 4.09. The zero-order valence-corrected chi connectivity index (χ0v) is 14.9. The lowest BCUT2D eigenvalue weighted by molar-refractivity contribution is -0.108. The van der Waals surface area contributed by atoms with Gasteiger partial charge in [0, 0.05) is 37.5 Å². The van der Waals surface area contributed by atoms with Gasteiger partial charge in [0.05, 0.1) is 12.7 Å². The molecular weight excluding hydrogens is 308 g/mol. The average Bonchev–Trinajstić information content (AvgIpc) is 3.20. The van der Waals surface area contributed by atoms with Crippen LogP contribution in [-0.2, 0) is 15.9 Å². The molecule has 2 fully saturated rings. The maximum absolute atomic E-state index is 12.5. The molecule has 1 aromatic rings.